The van der Waals surface area contributed by atoms with Crippen LogP contribution in [0.2, 0.25) is 0 Å². The third-order valence-electron chi connectivity index (χ3n) is 6.22. The second-order valence-electron chi connectivity index (χ2n) is 8.05. The number of furan rings is 1. The Labute approximate surface area is 173 Å². The number of anilines is 1. The predicted molar refractivity (Wildman–Crippen MR) is 117 cm³/mol. The van der Waals surface area contributed by atoms with E-state index >= 15 is 0 Å². The molecule has 1 aromatic carbocycles. The zero-order valence-electron chi connectivity index (χ0n) is 16.5. The van der Waals surface area contributed by atoms with E-state index in [1.807, 2.05) is 12.1 Å². The van der Waals surface area contributed by atoms with Crippen LogP contribution in [0.15, 0.2) is 53.1 Å². The summed E-state index contributed by atoms with van der Waals surface area (Å²) in [5, 5.41) is 7.34. The first-order valence-electron chi connectivity index (χ1n) is 10.2. The lowest BCUT2D eigenvalue weighted by atomic mass is 9.75. The van der Waals surface area contributed by atoms with Gasteiger partial charge in [0.1, 0.15) is 5.76 Å². The monoisotopic (exact) mass is 398 g/mol. The third kappa shape index (κ3) is 4.67. The quantitative estimate of drug-likeness (QED) is 0.699. The topological polar surface area (TPSA) is 43.7 Å². The molecule has 6 heteroatoms. The fraction of sp³-hybridized carbons (Fsp3) is 0.500. The molecule has 4 heterocycles. The number of nitrogens with one attached hydrogen (secondary N) is 2. The van der Waals surface area contributed by atoms with Gasteiger partial charge in [-0.2, -0.15) is 0 Å². The summed E-state index contributed by atoms with van der Waals surface area (Å²) in [4.78, 5) is 5.07. The first kappa shape index (κ1) is 19.3. The Morgan fingerprint density at radius 1 is 1.21 bits per heavy atom. The molecule has 3 aliphatic rings. The van der Waals surface area contributed by atoms with Crippen LogP contribution in [0, 0.1) is 11.8 Å². The molecule has 0 saturated carbocycles. The average molecular weight is 399 g/mol. The van der Waals surface area contributed by atoms with E-state index in [0.717, 1.165) is 30.7 Å². The molecule has 5 rings (SSSR count). The van der Waals surface area contributed by atoms with Crippen LogP contribution < -0.4 is 15.5 Å². The summed E-state index contributed by atoms with van der Waals surface area (Å²) in [7, 11) is 2.22. The van der Waals surface area contributed by atoms with Crippen LogP contribution in [0.3, 0.4) is 0 Å². The molecule has 2 N–H and O–H groups in total. The Morgan fingerprint density at radius 3 is 2.79 bits per heavy atom. The molecule has 3 saturated heterocycles. The van der Waals surface area contributed by atoms with Crippen LogP contribution in [0.5, 0.6) is 0 Å². The van der Waals surface area contributed by atoms with Gasteiger partial charge in [-0.15, -0.1) is 0 Å². The zero-order chi connectivity index (χ0) is 19.3. The van der Waals surface area contributed by atoms with Gasteiger partial charge in [-0.25, -0.2) is 0 Å². The van der Waals surface area contributed by atoms with Gasteiger partial charge in [-0.05, 0) is 67.7 Å². The Balaban J connectivity index is 1.23. The largest absolute Gasteiger partial charge is 0.467 e. The van der Waals surface area contributed by atoms with E-state index in [2.05, 4.69) is 57.8 Å². The summed E-state index contributed by atoms with van der Waals surface area (Å²) >= 11 is 5.43. The van der Waals surface area contributed by atoms with Gasteiger partial charge in [0.15, 0.2) is 5.11 Å². The Bertz CT molecular complexity index is 751. The number of fused-ring (bicyclic) bond motifs is 3. The number of hydrogen-bond acceptors (Lipinski definition) is 4. The molecule has 3 aliphatic heterocycles. The Morgan fingerprint density at radius 2 is 2.07 bits per heavy atom. The standard InChI is InChI=1S/C22H30N4OS/c1-25(19-6-3-2-4-7-19)15-18-16-26-10-9-17(18)12-20(26)13-23-22(28)24-14-21-8-5-11-27-21/h2-8,11,17-18,20H,9-10,12-16H2,1H3,(H2,23,24,28)/t17-,18+,20+/m0/s1. The summed E-state index contributed by atoms with van der Waals surface area (Å²) in [5.41, 5.74) is 1.31. The molecule has 5 nitrogen and oxygen atoms in total. The molecular weight excluding hydrogens is 368 g/mol. The van der Waals surface area contributed by atoms with Crippen molar-refractivity contribution in [3.63, 3.8) is 0 Å². The Kier molecular flexibility index (Phi) is 6.17. The minimum Gasteiger partial charge on any atom is -0.467 e. The highest BCUT2D eigenvalue weighted by Gasteiger charge is 2.40. The minimum atomic E-state index is 0.584. The van der Waals surface area contributed by atoms with Gasteiger partial charge >= 0.3 is 0 Å². The zero-order valence-corrected chi connectivity index (χ0v) is 17.3. The van der Waals surface area contributed by atoms with E-state index in [1.54, 1.807) is 6.26 Å². The van der Waals surface area contributed by atoms with Crippen molar-refractivity contribution in [2.24, 2.45) is 11.8 Å². The second-order valence-corrected chi connectivity index (χ2v) is 8.46. The molecule has 0 radical (unpaired) electrons. The van der Waals surface area contributed by atoms with Crippen LogP contribution in [-0.4, -0.2) is 49.3 Å². The van der Waals surface area contributed by atoms with Gasteiger partial charge in [-0.3, -0.25) is 4.90 Å². The van der Waals surface area contributed by atoms with Crippen molar-refractivity contribution in [3.05, 3.63) is 54.5 Å². The lowest BCUT2D eigenvalue weighted by Crippen LogP contribution is -2.58. The maximum Gasteiger partial charge on any atom is 0.166 e. The van der Waals surface area contributed by atoms with Crippen molar-refractivity contribution in [2.45, 2.75) is 25.4 Å². The lowest BCUT2D eigenvalue weighted by Gasteiger charge is -2.51. The van der Waals surface area contributed by atoms with Crippen molar-refractivity contribution in [1.82, 2.24) is 15.5 Å². The molecule has 28 heavy (non-hydrogen) atoms. The van der Waals surface area contributed by atoms with E-state index in [0.29, 0.717) is 17.7 Å². The molecule has 3 fully saturated rings. The van der Waals surface area contributed by atoms with Crippen molar-refractivity contribution in [1.29, 1.82) is 0 Å². The number of para-hydroxylation sites is 1. The summed E-state index contributed by atoms with van der Waals surface area (Å²) in [6.07, 6.45) is 4.28. The first-order chi connectivity index (χ1) is 13.7. The highest BCUT2D eigenvalue weighted by Crippen LogP contribution is 2.36. The number of hydrogen-bond donors (Lipinski definition) is 2. The van der Waals surface area contributed by atoms with E-state index in [4.69, 9.17) is 16.6 Å². The Hall–Kier alpha value is -2.05. The van der Waals surface area contributed by atoms with E-state index < -0.39 is 0 Å². The summed E-state index contributed by atoms with van der Waals surface area (Å²) < 4.78 is 5.33. The number of piperidine rings is 3. The second kappa shape index (κ2) is 8.97. The van der Waals surface area contributed by atoms with Crippen molar-refractivity contribution in [2.75, 3.05) is 38.1 Å². The predicted octanol–water partition coefficient (Wildman–Crippen LogP) is 3.09. The van der Waals surface area contributed by atoms with E-state index in [9.17, 15) is 0 Å². The highest BCUT2D eigenvalue weighted by molar-refractivity contribution is 7.80. The maximum absolute atomic E-state index is 5.43. The molecule has 0 aliphatic carbocycles. The first-order valence-corrected chi connectivity index (χ1v) is 10.6. The van der Waals surface area contributed by atoms with Crippen molar-refractivity contribution in [3.8, 4) is 0 Å². The number of nitrogens with zero attached hydrogens (tertiary/aromatic N) is 2. The van der Waals surface area contributed by atoms with E-state index in [1.165, 1.54) is 31.6 Å². The highest BCUT2D eigenvalue weighted by atomic mass is 32.1. The van der Waals surface area contributed by atoms with Crippen molar-refractivity contribution >= 4 is 23.0 Å². The maximum atomic E-state index is 5.43. The van der Waals surface area contributed by atoms with Gasteiger partial charge in [0.2, 0.25) is 0 Å². The van der Waals surface area contributed by atoms with Gasteiger partial charge in [-0.1, -0.05) is 18.2 Å². The van der Waals surface area contributed by atoms with Crippen molar-refractivity contribution < 1.29 is 4.42 Å². The van der Waals surface area contributed by atoms with E-state index in [-0.39, 0.29) is 0 Å². The molecule has 1 aromatic heterocycles. The van der Waals surface area contributed by atoms with Crippen LogP contribution in [0.4, 0.5) is 5.69 Å². The number of thiocarbonyl (C=S) groups is 1. The normalized spacial score (nSPS) is 26.0. The molecule has 0 spiro atoms. The SMILES string of the molecule is CN(C[C@@H]1CN2CC[C@H]1C[C@@H]2CNC(=S)NCc1ccco1)c1ccccc1. The van der Waals surface area contributed by atoms with Gasteiger partial charge in [0.25, 0.3) is 0 Å². The van der Waals surface area contributed by atoms with Crippen LogP contribution in [-0.2, 0) is 6.54 Å². The fourth-order valence-corrected chi connectivity index (χ4v) is 4.82. The molecule has 0 amide bonds. The fourth-order valence-electron chi connectivity index (χ4n) is 4.66. The lowest BCUT2D eigenvalue weighted by molar-refractivity contribution is 0.00660. The minimum absolute atomic E-state index is 0.584. The van der Waals surface area contributed by atoms with Gasteiger partial charge < -0.3 is 20.0 Å². The molecule has 150 valence electrons. The van der Waals surface area contributed by atoms with Gasteiger partial charge in [0, 0.05) is 38.4 Å². The van der Waals surface area contributed by atoms with Gasteiger partial charge in [0.05, 0.1) is 12.8 Å². The number of benzene rings is 1. The average Bonchev–Trinajstić information content (AvgIpc) is 3.26. The smallest absolute Gasteiger partial charge is 0.166 e. The van der Waals surface area contributed by atoms with Crippen LogP contribution >= 0.6 is 12.2 Å². The number of rotatable bonds is 7. The molecule has 2 bridgehead atoms. The molecule has 4 atom stereocenters. The summed E-state index contributed by atoms with van der Waals surface area (Å²) in [6, 6.07) is 15.1. The van der Waals surface area contributed by atoms with Crippen LogP contribution in [0.1, 0.15) is 18.6 Å². The molecule has 2 aromatic rings. The van der Waals surface area contributed by atoms with Crippen LogP contribution in [0.25, 0.3) is 0 Å². The summed E-state index contributed by atoms with van der Waals surface area (Å²) in [5.74, 6) is 2.46. The third-order valence-corrected chi connectivity index (χ3v) is 6.51. The molecule has 1 unspecified atom stereocenters. The summed E-state index contributed by atoms with van der Waals surface area (Å²) in [6.45, 7) is 5.09. The molecular formula is C22H30N4OS.